The third kappa shape index (κ3) is 5.04. The van der Waals surface area contributed by atoms with Crippen LogP contribution in [0.5, 0.6) is 11.5 Å². The van der Waals surface area contributed by atoms with Gasteiger partial charge >= 0.3 is 0 Å². The summed E-state index contributed by atoms with van der Waals surface area (Å²) in [5, 5.41) is 0. The standard InChI is InChI=1S/C23H30N2O3/c1-4-5-15-27-21-10-11-22-18(17-21)12-13-25(23(22)26)19-6-8-20(9-7-19)28-16-14-24(2)3/h6-11,17H,4-5,12-16H2,1-3H3. The average Bonchev–Trinajstić information content (AvgIpc) is 2.69. The summed E-state index contributed by atoms with van der Waals surface area (Å²) in [5.41, 5.74) is 2.73. The fourth-order valence-electron chi connectivity index (χ4n) is 3.20. The Morgan fingerprint density at radius 1 is 1.00 bits per heavy atom. The number of unbranched alkanes of at least 4 members (excludes halogenated alkanes) is 1. The zero-order valence-corrected chi connectivity index (χ0v) is 17.1. The zero-order chi connectivity index (χ0) is 19.9. The van der Waals surface area contributed by atoms with Gasteiger partial charge in [0.2, 0.25) is 0 Å². The lowest BCUT2D eigenvalue weighted by atomic mass is 9.98. The maximum atomic E-state index is 13.0. The average molecular weight is 383 g/mol. The fourth-order valence-corrected chi connectivity index (χ4v) is 3.20. The van der Waals surface area contributed by atoms with Crippen LogP contribution in [-0.2, 0) is 6.42 Å². The third-order valence-corrected chi connectivity index (χ3v) is 4.88. The molecule has 0 saturated heterocycles. The van der Waals surface area contributed by atoms with Crippen LogP contribution in [0.4, 0.5) is 5.69 Å². The van der Waals surface area contributed by atoms with E-state index in [9.17, 15) is 4.79 Å². The Morgan fingerprint density at radius 3 is 2.43 bits per heavy atom. The Balaban J connectivity index is 1.65. The molecule has 1 aliphatic rings. The van der Waals surface area contributed by atoms with Crippen molar-refractivity contribution >= 4 is 11.6 Å². The number of benzene rings is 2. The second kappa shape index (κ2) is 9.60. The molecule has 0 atom stereocenters. The minimum Gasteiger partial charge on any atom is -0.494 e. The van der Waals surface area contributed by atoms with Gasteiger partial charge < -0.3 is 19.3 Å². The Labute approximate surface area is 167 Å². The third-order valence-electron chi connectivity index (χ3n) is 4.88. The first-order valence-electron chi connectivity index (χ1n) is 10.0. The van der Waals surface area contributed by atoms with Gasteiger partial charge in [-0.25, -0.2) is 0 Å². The van der Waals surface area contributed by atoms with Crippen LogP contribution in [0.2, 0.25) is 0 Å². The molecule has 28 heavy (non-hydrogen) atoms. The number of fused-ring (bicyclic) bond motifs is 1. The molecule has 0 fully saturated rings. The van der Waals surface area contributed by atoms with Gasteiger partial charge in [0.1, 0.15) is 18.1 Å². The van der Waals surface area contributed by atoms with Gasteiger partial charge in [0.25, 0.3) is 5.91 Å². The molecule has 0 radical (unpaired) electrons. The van der Waals surface area contributed by atoms with Crippen molar-refractivity contribution in [3.05, 3.63) is 53.6 Å². The first-order chi connectivity index (χ1) is 13.6. The number of likely N-dealkylation sites (N-methyl/N-ethyl adjacent to an activating group) is 1. The molecule has 150 valence electrons. The van der Waals surface area contributed by atoms with Crippen LogP contribution < -0.4 is 14.4 Å². The molecule has 2 aromatic carbocycles. The Bertz CT molecular complexity index is 787. The maximum Gasteiger partial charge on any atom is 0.258 e. The summed E-state index contributed by atoms with van der Waals surface area (Å²) < 4.78 is 11.5. The number of ether oxygens (including phenoxy) is 2. The quantitative estimate of drug-likeness (QED) is 0.615. The van der Waals surface area contributed by atoms with Gasteiger partial charge in [-0.3, -0.25) is 4.79 Å². The number of carbonyl (C=O) groups excluding carboxylic acids is 1. The van der Waals surface area contributed by atoms with Gasteiger partial charge in [-0.05, 0) is 75.0 Å². The van der Waals surface area contributed by atoms with E-state index in [0.717, 1.165) is 60.7 Å². The number of rotatable bonds is 9. The SMILES string of the molecule is CCCCOc1ccc2c(c1)CCN(c1ccc(OCCN(C)C)cc1)C2=O. The molecular formula is C23H30N2O3. The smallest absolute Gasteiger partial charge is 0.258 e. The van der Waals surface area contributed by atoms with Crippen LogP contribution >= 0.6 is 0 Å². The zero-order valence-electron chi connectivity index (χ0n) is 17.1. The highest BCUT2D eigenvalue weighted by molar-refractivity contribution is 6.08. The highest BCUT2D eigenvalue weighted by Gasteiger charge is 2.25. The van der Waals surface area contributed by atoms with E-state index in [1.54, 1.807) is 0 Å². The number of hydrogen-bond acceptors (Lipinski definition) is 4. The Morgan fingerprint density at radius 2 is 1.71 bits per heavy atom. The van der Waals surface area contributed by atoms with E-state index in [1.807, 2.05) is 61.5 Å². The van der Waals surface area contributed by atoms with Crippen LogP contribution in [0, 0.1) is 0 Å². The molecule has 1 amide bonds. The normalized spacial score (nSPS) is 13.6. The molecule has 0 N–H and O–H groups in total. The van der Waals surface area contributed by atoms with Gasteiger partial charge in [0.05, 0.1) is 6.61 Å². The molecule has 0 aromatic heterocycles. The van der Waals surface area contributed by atoms with E-state index in [1.165, 1.54) is 0 Å². The lowest BCUT2D eigenvalue weighted by Gasteiger charge is -2.29. The van der Waals surface area contributed by atoms with Crippen molar-refractivity contribution in [1.82, 2.24) is 4.90 Å². The van der Waals surface area contributed by atoms with Gasteiger partial charge in [-0.15, -0.1) is 0 Å². The highest BCUT2D eigenvalue weighted by atomic mass is 16.5. The number of amides is 1. The van der Waals surface area contributed by atoms with E-state index >= 15 is 0 Å². The number of hydrogen-bond donors (Lipinski definition) is 0. The van der Waals surface area contributed by atoms with Crippen LogP contribution in [0.25, 0.3) is 0 Å². The minimum atomic E-state index is 0.0441. The summed E-state index contributed by atoms with van der Waals surface area (Å²) in [6.45, 7) is 5.05. The van der Waals surface area contributed by atoms with Crippen molar-refractivity contribution in [2.45, 2.75) is 26.2 Å². The molecular weight excluding hydrogens is 352 g/mol. The molecule has 5 heteroatoms. The van der Waals surface area contributed by atoms with Crippen LogP contribution in [0.15, 0.2) is 42.5 Å². The monoisotopic (exact) mass is 382 g/mol. The number of nitrogens with zero attached hydrogens (tertiary/aromatic N) is 2. The molecule has 0 bridgehead atoms. The maximum absolute atomic E-state index is 13.0. The van der Waals surface area contributed by atoms with Crippen molar-refractivity contribution in [2.24, 2.45) is 0 Å². The van der Waals surface area contributed by atoms with Gasteiger partial charge in [-0.1, -0.05) is 13.3 Å². The summed E-state index contributed by atoms with van der Waals surface area (Å²) >= 11 is 0. The van der Waals surface area contributed by atoms with E-state index in [0.29, 0.717) is 13.2 Å². The van der Waals surface area contributed by atoms with Crippen molar-refractivity contribution < 1.29 is 14.3 Å². The molecule has 1 aliphatic heterocycles. The molecule has 0 saturated carbocycles. The molecule has 0 aliphatic carbocycles. The van der Waals surface area contributed by atoms with E-state index in [2.05, 4.69) is 11.8 Å². The fraction of sp³-hybridized carbons (Fsp3) is 0.435. The molecule has 5 nitrogen and oxygen atoms in total. The second-order valence-corrected chi connectivity index (χ2v) is 7.37. The number of anilines is 1. The largest absolute Gasteiger partial charge is 0.494 e. The predicted molar refractivity (Wildman–Crippen MR) is 113 cm³/mol. The number of carbonyl (C=O) groups is 1. The highest BCUT2D eigenvalue weighted by Crippen LogP contribution is 2.28. The summed E-state index contributed by atoms with van der Waals surface area (Å²) in [6.07, 6.45) is 2.98. The lowest BCUT2D eigenvalue weighted by molar-refractivity contribution is 0.0980. The summed E-state index contributed by atoms with van der Waals surface area (Å²) in [7, 11) is 4.04. The Kier molecular flexibility index (Phi) is 6.93. The van der Waals surface area contributed by atoms with Crippen molar-refractivity contribution in [1.29, 1.82) is 0 Å². The topological polar surface area (TPSA) is 42.0 Å². The van der Waals surface area contributed by atoms with Gasteiger partial charge in [0, 0.05) is 24.3 Å². The molecule has 2 aromatic rings. The van der Waals surface area contributed by atoms with Crippen molar-refractivity contribution in [3.8, 4) is 11.5 Å². The molecule has 3 rings (SSSR count). The second-order valence-electron chi connectivity index (χ2n) is 7.37. The van der Waals surface area contributed by atoms with Gasteiger partial charge in [-0.2, -0.15) is 0 Å². The summed E-state index contributed by atoms with van der Waals surface area (Å²) in [5.74, 6) is 1.72. The summed E-state index contributed by atoms with van der Waals surface area (Å²) in [4.78, 5) is 16.9. The minimum absolute atomic E-state index is 0.0441. The first kappa shape index (κ1) is 20.2. The van der Waals surface area contributed by atoms with E-state index in [-0.39, 0.29) is 5.91 Å². The van der Waals surface area contributed by atoms with E-state index < -0.39 is 0 Å². The van der Waals surface area contributed by atoms with Crippen molar-refractivity contribution in [3.63, 3.8) is 0 Å². The van der Waals surface area contributed by atoms with Crippen LogP contribution in [0.1, 0.15) is 35.7 Å². The molecule has 0 unspecified atom stereocenters. The van der Waals surface area contributed by atoms with E-state index in [4.69, 9.17) is 9.47 Å². The lowest BCUT2D eigenvalue weighted by Crippen LogP contribution is -2.37. The van der Waals surface area contributed by atoms with Crippen LogP contribution in [-0.4, -0.2) is 51.2 Å². The Hall–Kier alpha value is -2.53. The van der Waals surface area contributed by atoms with Crippen LogP contribution in [0.3, 0.4) is 0 Å². The van der Waals surface area contributed by atoms with Gasteiger partial charge in [0.15, 0.2) is 0 Å². The first-order valence-corrected chi connectivity index (χ1v) is 10.0. The molecule has 0 spiro atoms. The predicted octanol–water partition coefficient (Wildman–Crippen LogP) is 4.01. The summed E-state index contributed by atoms with van der Waals surface area (Å²) in [6, 6.07) is 13.6. The van der Waals surface area contributed by atoms with Crippen molar-refractivity contribution in [2.75, 3.05) is 45.3 Å². The molecule has 1 heterocycles.